The van der Waals surface area contributed by atoms with E-state index >= 15 is 0 Å². The minimum atomic E-state index is 0.00663. The van der Waals surface area contributed by atoms with Crippen molar-refractivity contribution in [3.8, 4) is 0 Å². The quantitative estimate of drug-likeness (QED) is 0.841. The second kappa shape index (κ2) is 7.74. The Labute approximate surface area is 126 Å². The molecule has 1 rings (SSSR count). The van der Waals surface area contributed by atoms with Gasteiger partial charge < -0.3 is 5.32 Å². The van der Waals surface area contributed by atoms with Crippen molar-refractivity contribution in [3.05, 3.63) is 15.6 Å². The zero-order chi connectivity index (χ0) is 15.3. The van der Waals surface area contributed by atoms with E-state index in [2.05, 4.69) is 49.8 Å². The van der Waals surface area contributed by atoms with Gasteiger partial charge in [-0.2, -0.15) is 0 Å². The van der Waals surface area contributed by atoms with E-state index < -0.39 is 0 Å². The van der Waals surface area contributed by atoms with E-state index in [1.165, 1.54) is 11.3 Å². The summed E-state index contributed by atoms with van der Waals surface area (Å²) >= 11 is 1.50. The smallest absolute Gasteiger partial charge is 0.263 e. The normalized spacial score (nSPS) is 11.7. The molecule has 0 radical (unpaired) electrons. The number of nitrogens with one attached hydrogen (secondary N) is 1. The van der Waals surface area contributed by atoms with Crippen LogP contribution in [0, 0.1) is 6.92 Å². The monoisotopic (exact) mass is 297 g/mol. The first kappa shape index (κ1) is 17.1. The van der Waals surface area contributed by atoms with Crippen LogP contribution in [0.1, 0.15) is 55.0 Å². The summed E-state index contributed by atoms with van der Waals surface area (Å²) in [5.41, 5.74) is 0.842. The van der Waals surface area contributed by atoms with E-state index in [0.29, 0.717) is 18.6 Å². The number of carbonyl (C=O) groups is 1. The molecule has 0 saturated carbocycles. The first-order valence-corrected chi connectivity index (χ1v) is 8.18. The van der Waals surface area contributed by atoms with Gasteiger partial charge in [0.2, 0.25) is 0 Å². The zero-order valence-corrected chi connectivity index (χ0v) is 14.3. The summed E-state index contributed by atoms with van der Waals surface area (Å²) in [7, 11) is 0. The van der Waals surface area contributed by atoms with Gasteiger partial charge in [-0.05, 0) is 41.0 Å². The fraction of sp³-hybridized carbons (Fsp3) is 0.733. The highest BCUT2D eigenvalue weighted by atomic mass is 32.1. The Balaban J connectivity index is 2.52. The largest absolute Gasteiger partial charge is 0.350 e. The molecule has 1 heterocycles. The van der Waals surface area contributed by atoms with E-state index in [1.807, 2.05) is 6.92 Å². The number of thiazole rings is 1. The average molecular weight is 297 g/mol. The zero-order valence-electron chi connectivity index (χ0n) is 13.5. The van der Waals surface area contributed by atoms with Gasteiger partial charge in [0.1, 0.15) is 4.88 Å². The molecule has 1 N–H and O–H groups in total. The number of rotatable bonds is 7. The predicted molar refractivity (Wildman–Crippen MR) is 85.5 cm³/mol. The third-order valence-corrected chi connectivity index (χ3v) is 4.63. The Hall–Kier alpha value is -0.940. The van der Waals surface area contributed by atoms with Crippen molar-refractivity contribution in [2.24, 2.45) is 0 Å². The van der Waals surface area contributed by atoms with Crippen LogP contribution in [-0.2, 0) is 6.42 Å². The molecule has 0 fully saturated rings. The lowest BCUT2D eigenvalue weighted by molar-refractivity contribution is 0.0942. The number of aryl methyl sites for hydroxylation is 2. The van der Waals surface area contributed by atoms with Crippen LogP contribution < -0.4 is 5.32 Å². The second-order valence-electron chi connectivity index (χ2n) is 5.56. The third-order valence-electron chi connectivity index (χ3n) is 3.33. The molecule has 0 bridgehead atoms. The van der Waals surface area contributed by atoms with Crippen molar-refractivity contribution in [3.63, 3.8) is 0 Å². The van der Waals surface area contributed by atoms with Gasteiger partial charge >= 0.3 is 0 Å². The van der Waals surface area contributed by atoms with Gasteiger partial charge in [0.05, 0.1) is 10.7 Å². The van der Waals surface area contributed by atoms with E-state index in [1.54, 1.807) is 0 Å². The Morgan fingerprint density at radius 2 is 1.90 bits per heavy atom. The molecule has 114 valence electrons. The first-order chi connectivity index (χ1) is 9.36. The van der Waals surface area contributed by atoms with Crippen molar-refractivity contribution in [2.45, 2.75) is 60.0 Å². The van der Waals surface area contributed by atoms with Crippen LogP contribution in [0.5, 0.6) is 0 Å². The highest BCUT2D eigenvalue weighted by Gasteiger charge is 2.16. The minimum Gasteiger partial charge on any atom is -0.350 e. The van der Waals surface area contributed by atoms with Gasteiger partial charge in [0.25, 0.3) is 5.91 Å². The number of hydrogen-bond donors (Lipinski definition) is 1. The van der Waals surface area contributed by atoms with E-state index in [0.717, 1.165) is 28.5 Å². The molecule has 5 heteroatoms. The van der Waals surface area contributed by atoms with E-state index in [9.17, 15) is 4.79 Å². The van der Waals surface area contributed by atoms with Gasteiger partial charge in [-0.3, -0.25) is 9.69 Å². The molecule has 1 amide bonds. The topological polar surface area (TPSA) is 45.2 Å². The third kappa shape index (κ3) is 4.56. The average Bonchev–Trinajstić information content (AvgIpc) is 2.74. The van der Waals surface area contributed by atoms with Crippen molar-refractivity contribution < 1.29 is 4.79 Å². The summed E-state index contributed by atoms with van der Waals surface area (Å²) < 4.78 is 0. The van der Waals surface area contributed by atoms with E-state index in [4.69, 9.17) is 0 Å². The van der Waals surface area contributed by atoms with Crippen molar-refractivity contribution in [1.29, 1.82) is 0 Å². The molecule has 1 aromatic rings. The van der Waals surface area contributed by atoms with Crippen LogP contribution in [0.2, 0.25) is 0 Å². The molecule has 0 aromatic carbocycles. The van der Waals surface area contributed by atoms with Gasteiger partial charge in [-0.25, -0.2) is 4.98 Å². The Morgan fingerprint density at radius 3 is 2.35 bits per heavy atom. The Bertz CT molecular complexity index is 432. The van der Waals surface area contributed by atoms with Crippen LogP contribution in [0.25, 0.3) is 0 Å². The Morgan fingerprint density at radius 1 is 1.30 bits per heavy atom. The highest BCUT2D eigenvalue weighted by molar-refractivity contribution is 7.13. The van der Waals surface area contributed by atoms with Gasteiger partial charge in [-0.15, -0.1) is 11.3 Å². The standard InChI is InChI=1S/C15H27N3OS/c1-7-13-17-12(6)14(20-13)15(19)16-8-9-18(10(2)3)11(4)5/h10-11H,7-9H2,1-6H3,(H,16,19). The van der Waals surface area contributed by atoms with Gasteiger partial charge in [-0.1, -0.05) is 6.92 Å². The van der Waals surface area contributed by atoms with Gasteiger partial charge in [0, 0.05) is 25.2 Å². The maximum absolute atomic E-state index is 12.2. The molecule has 4 nitrogen and oxygen atoms in total. The molecule has 0 atom stereocenters. The van der Waals surface area contributed by atoms with Crippen molar-refractivity contribution >= 4 is 17.2 Å². The maximum Gasteiger partial charge on any atom is 0.263 e. The Kier molecular flexibility index (Phi) is 6.62. The fourth-order valence-electron chi connectivity index (χ4n) is 2.31. The van der Waals surface area contributed by atoms with Crippen molar-refractivity contribution in [2.75, 3.05) is 13.1 Å². The minimum absolute atomic E-state index is 0.00663. The number of nitrogens with zero attached hydrogens (tertiary/aromatic N) is 2. The lowest BCUT2D eigenvalue weighted by Gasteiger charge is -2.30. The highest BCUT2D eigenvalue weighted by Crippen LogP contribution is 2.18. The molecule has 0 saturated heterocycles. The SMILES string of the molecule is CCc1nc(C)c(C(=O)NCCN(C(C)C)C(C)C)s1. The predicted octanol–water partition coefficient (Wildman–Crippen LogP) is 2.86. The summed E-state index contributed by atoms with van der Waals surface area (Å²) in [6.45, 7) is 14.2. The van der Waals surface area contributed by atoms with Crippen LogP contribution in [0.15, 0.2) is 0 Å². The van der Waals surface area contributed by atoms with Crippen LogP contribution in [0.3, 0.4) is 0 Å². The lowest BCUT2D eigenvalue weighted by Crippen LogP contribution is -2.42. The van der Waals surface area contributed by atoms with Crippen LogP contribution in [0.4, 0.5) is 0 Å². The summed E-state index contributed by atoms with van der Waals surface area (Å²) in [5, 5.41) is 4.03. The van der Waals surface area contributed by atoms with Crippen molar-refractivity contribution in [1.82, 2.24) is 15.2 Å². The molecule has 0 aliphatic heterocycles. The molecule has 0 aliphatic carbocycles. The van der Waals surface area contributed by atoms with E-state index in [-0.39, 0.29) is 5.91 Å². The van der Waals surface area contributed by atoms with Crippen LogP contribution in [-0.4, -0.2) is 41.0 Å². The number of amides is 1. The number of aromatic nitrogens is 1. The summed E-state index contributed by atoms with van der Waals surface area (Å²) in [4.78, 5) is 19.7. The summed E-state index contributed by atoms with van der Waals surface area (Å²) in [5.74, 6) is 0.00663. The maximum atomic E-state index is 12.2. The summed E-state index contributed by atoms with van der Waals surface area (Å²) in [6, 6.07) is 0.979. The molecule has 1 aromatic heterocycles. The molecular weight excluding hydrogens is 270 g/mol. The molecule has 20 heavy (non-hydrogen) atoms. The summed E-state index contributed by atoms with van der Waals surface area (Å²) in [6.07, 6.45) is 0.882. The fourth-order valence-corrected chi connectivity index (χ4v) is 3.23. The molecule has 0 unspecified atom stereocenters. The molecule has 0 spiro atoms. The first-order valence-electron chi connectivity index (χ1n) is 7.37. The number of carbonyl (C=O) groups excluding carboxylic acids is 1. The van der Waals surface area contributed by atoms with Gasteiger partial charge in [0.15, 0.2) is 0 Å². The lowest BCUT2D eigenvalue weighted by atomic mass is 10.2. The molecule has 0 aliphatic rings. The molecular formula is C15H27N3OS. The number of hydrogen-bond acceptors (Lipinski definition) is 4. The second-order valence-corrected chi connectivity index (χ2v) is 6.64. The van der Waals surface area contributed by atoms with Crippen LogP contribution >= 0.6 is 11.3 Å².